The maximum Gasteiger partial charge on any atom is 0.234 e. The van der Waals surface area contributed by atoms with Crippen LogP contribution in [0.4, 0.5) is 5.69 Å². The number of allylic oxidation sites excluding steroid dienone is 2. The second kappa shape index (κ2) is 17.9. The van der Waals surface area contributed by atoms with E-state index in [0.717, 1.165) is 44.1 Å². The number of carbonyl (C=O) groups excluding carboxylic acids is 2. The lowest BCUT2D eigenvalue weighted by Gasteiger charge is -2.68. The number of fused-ring (bicyclic) bond motifs is 1. The molecular weight excluding hydrogens is 915 g/mol. The van der Waals surface area contributed by atoms with Crippen LogP contribution >= 0.6 is 21.6 Å². The molecule has 5 heterocycles. The highest BCUT2D eigenvalue weighted by atomic mass is 33.1. The molecule has 0 radical (unpaired) electrons. The zero-order chi connectivity index (χ0) is 49.3. The monoisotopic (exact) mass is 994 g/mol. The van der Waals surface area contributed by atoms with E-state index in [1.165, 1.54) is 21.6 Å². The van der Waals surface area contributed by atoms with Gasteiger partial charge in [0.25, 0.3) is 0 Å². The first-order valence-corrected chi connectivity index (χ1v) is 28.9. The topological polar surface area (TPSA) is 212 Å². The number of aliphatic hydroxyl groups is 7. The highest BCUT2D eigenvalue weighted by Gasteiger charge is 2.79. The quantitative estimate of drug-likeness (QED) is 0.0550. The number of carbonyl (C=O) groups is 2. The molecule has 5 aliphatic heterocycles. The molecule has 12 nitrogen and oxygen atoms in total. The zero-order valence-electron chi connectivity index (χ0n) is 41.4. The minimum Gasteiger partial charge on any atom is -0.508 e. The molecule has 14 heteroatoms. The van der Waals surface area contributed by atoms with Crippen LogP contribution in [0, 0.1) is 69.0 Å². The molecular formula is C55H79NO11S2. The van der Waals surface area contributed by atoms with E-state index in [1.807, 2.05) is 24.0 Å². The maximum absolute atomic E-state index is 15.7. The number of amides is 1. The highest BCUT2D eigenvalue weighted by Crippen LogP contribution is 2.76. The van der Waals surface area contributed by atoms with E-state index in [-0.39, 0.29) is 73.2 Å². The molecule has 1 aromatic carbocycles. The van der Waals surface area contributed by atoms with Crippen LogP contribution in [0.15, 0.2) is 42.0 Å². The van der Waals surface area contributed by atoms with E-state index < -0.39 is 80.3 Å². The number of aliphatic hydroxyl groups excluding tert-OH is 4. The van der Waals surface area contributed by atoms with Gasteiger partial charge in [-0.2, -0.15) is 0 Å². The summed E-state index contributed by atoms with van der Waals surface area (Å²) in [4.78, 5) is 33.2. The fourth-order valence-electron chi connectivity index (χ4n) is 17.4. The molecule has 11 aliphatic rings. The number of aryl methyl sites for hydroxylation is 1. The molecule has 8 N–H and O–H groups in total. The van der Waals surface area contributed by atoms with E-state index in [1.54, 1.807) is 18.2 Å². The Balaban J connectivity index is 1.17. The number of phenols is 1. The van der Waals surface area contributed by atoms with Crippen molar-refractivity contribution in [3.05, 3.63) is 47.6 Å². The number of ketones is 1. The van der Waals surface area contributed by atoms with Crippen LogP contribution < -0.4 is 4.90 Å². The van der Waals surface area contributed by atoms with Crippen molar-refractivity contribution in [3.63, 3.8) is 0 Å². The molecule has 12 rings (SSSR count). The average molecular weight is 994 g/mol. The van der Waals surface area contributed by atoms with Gasteiger partial charge in [0, 0.05) is 42.0 Å². The van der Waals surface area contributed by atoms with Gasteiger partial charge in [0.1, 0.15) is 28.5 Å². The van der Waals surface area contributed by atoms with Crippen molar-refractivity contribution < 1.29 is 55.2 Å². The van der Waals surface area contributed by atoms with E-state index >= 15 is 9.59 Å². The Morgan fingerprint density at radius 2 is 1.77 bits per heavy atom. The van der Waals surface area contributed by atoms with Gasteiger partial charge in [0.05, 0.1) is 35.2 Å². The summed E-state index contributed by atoms with van der Waals surface area (Å²) in [5.74, 6) is -1.45. The van der Waals surface area contributed by atoms with Crippen LogP contribution in [-0.4, -0.2) is 119 Å². The molecule has 6 fully saturated rings. The third kappa shape index (κ3) is 7.04. The Morgan fingerprint density at radius 1 is 0.986 bits per heavy atom. The summed E-state index contributed by atoms with van der Waals surface area (Å²) in [6, 6.07) is 5.42. The molecule has 382 valence electrons. The van der Waals surface area contributed by atoms with Gasteiger partial charge in [-0.1, -0.05) is 94.0 Å². The number of hydrogen-bond donors (Lipinski definition) is 8. The smallest absolute Gasteiger partial charge is 0.234 e. The minimum absolute atomic E-state index is 0.0267. The van der Waals surface area contributed by atoms with Crippen LogP contribution in [0.2, 0.25) is 0 Å². The van der Waals surface area contributed by atoms with Crippen molar-refractivity contribution in [2.45, 2.75) is 171 Å². The van der Waals surface area contributed by atoms with Crippen molar-refractivity contribution in [2.24, 2.45) is 69.0 Å². The zero-order valence-corrected chi connectivity index (χ0v) is 43.0. The van der Waals surface area contributed by atoms with Gasteiger partial charge in [-0.3, -0.25) is 9.59 Å². The SMILES string of the molecule is CCCCCC1CN2C(=O)C13C(CO)CCCC3CSSC(O)C13CC(O)C(O)(CO)CC1(C)C1CC4C=CCC(O)(C5OC5C(C)C(C)C)C5CCC(O)(C1=CC3=O)C45CCc1cc(O)cc2c1. The van der Waals surface area contributed by atoms with Crippen molar-refractivity contribution in [2.75, 3.05) is 30.4 Å². The number of phenolic OH excluding ortho intramolecular Hbond substituents is 1. The number of anilines is 1. The standard InChI is InChI=1S/C55H79NO11S2/c1-6-7-8-11-35-26-56-38-20-33(21-39(59)23-38)15-18-51-34-14-10-17-53(65,46-45(67-46)32(4)31(2)3)42(51)16-19-54(51,66)41-24-43(60)52(25-44(61)50(64,30-58)29-49(52,5)40(41)22-34)48(63)69-68-28-37-13-9-12-36(27-57)55(35,37)47(56)62/h10,14,20-21,23-24,31-32,34-37,40,42,44-46,48,57-59,61,63-66H,6-9,11-13,15-19,22,25-30H2,1-5H3. The van der Waals surface area contributed by atoms with E-state index in [0.29, 0.717) is 68.0 Å². The lowest BCUT2D eigenvalue weighted by atomic mass is 9.38. The Labute approximate surface area is 416 Å². The van der Waals surface area contributed by atoms with Crippen LogP contribution in [0.25, 0.3) is 0 Å². The molecule has 6 aliphatic carbocycles. The summed E-state index contributed by atoms with van der Waals surface area (Å²) >= 11 is 0. The second-order valence-electron chi connectivity index (χ2n) is 24.3. The molecule has 3 spiro atoms. The summed E-state index contributed by atoms with van der Waals surface area (Å²) in [6.07, 6.45) is 11.3. The Morgan fingerprint density at radius 3 is 2.49 bits per heavy atom. The number of nitrogens with zero attached hydrogens (tertiary/aromatic N) is 1. The third-order valence-electron chi connectivity index (χ3n) is 21.3. The van der Waals surface area contributed by atoms with Crippen LogP contribution in [0.3, 0.4) is 0 Å². The summed E-state index contributed by atoms with van der Waals surface area (Å²) in [5.41, 5.74) is -9.31. The molecule has 8 bridgehead atoms. The first kappa shape index (κ1) is 50.5. The van der Waals surface area contributed by atoms with Crippen molar-refractivity contribution in [1.82, 2.24) is 0 Å². The lowest BCUT2D eigenvalue weighted by Crippen LogP contribution is -2.72. The van der Waals surface area contributed by atoms with Crippen LogP contribution in [0.1, 0.15) is 130 Å². The summed E-state index contributed by atoms with van der Waals surface area (Å²) in [6.45, 7) is 10.1. The average Bonchev–Trinajstić information content (AvgIpc) is 4.01. The molecule has 1 amide bonds. The van der Waals surface area contributed by atoms with Gasteiger partial charge in [0.15, 0.2) is 5.78 Å². The number of unbranched alkanes of at least 4 members (excludes halogenated alkanes) is 2. The highest BCUT2D eigenvalue weighted by molar-refractivity contribution is 8.76. The van der Waals surface area contributed by atoms with Crippen LogP contribution in [-0.2, 0) is 20.7 Å². The van der Waals surface area contributed by atoms with Crippen LogP contribution in [0.5, 0.6) is 5.75 Å². The summed E-state index contributed by atoms with van der Waals surface area (Å²) < 4.78 is 6.50. The number of rotatable bonds is 9. The molecule has 0 aromatic heterocycles. The van der Waals surface area contributed by atoms with Gasteiger partial charge < -0.3 is 50.5 Å². The fraction of sp³-hybridized carbons (Fsp3) is 0.782. The predicted molar refractivity (Wildman–Crippen MR) is 267 cm³/mol. The van der Waals surface area contributed by atoms with E-state index in [4.69, 9.17) is 4.74 Å². The second-order valence-corrected chi connectivity index (χ2v) is 26.8. The molecule has 4 saturated carbocycles. The lowest BCUT2D eigenvalue weighted by molar-refractivity contribution is -0.235. The van der Waals surface area contributed by atoms with Gasteiger partial charge in [-0.15, -0.1) is 0 Å². The van der Waals surface area contributed by atoms with Crippen molar-refractivity contribution in [1.29, 1.82) is 0 Å². The normalized spacial score (nSPS) is 47.4. The summed E-state index contributed by atoms with van der Waals surface area (Å²) in [7, 11) is 2.59. The van der Waals surface area contributed by atoms with E-state index in [2.05, 4.69) is 33.8 Å². The number of benzene rings is 1. The van der Waals surface area contributed by atoms with Crippen molar-refractivity contribution >= 4 is 39.0 Å². The van der Waals surface area contributed by atoms with Crippen molar-refractivity contribution in [3.8, 4) is 5.75 Å². The number of hydrogen-bond acceptors (Lipinski definition) is 13. The minimum atomic E-state index is -1.99. The summed E-state index contributed by atoms with van der Waals surface area (Å²) in [5, 5.41) is 98.1. The van der Waals surface area contributed by atoms with E-state index in [9.17, 15) is 40.9 Å². The Kier molecular flexibility index (Phi) is 13.1. The first-order chi connectivity index (χ1) is 32.8. The molecule has 2 saturated heterocycles. The first-order valence-electron chi connectivity index (χ1n) is 26.5. The number of ether oxygens (including phenoxy) is 1. The largest absolute Gasteiger partial charge is 0.508 e. The molecule has 18 unspecified atom stereocenters. The van der Waals surface area contributed by atoms with Gasteiger partial charge in [0.2, 0.25) is 5.91 Å². The molecule has 18 atom stereocenters. The Bertz CT molecular complexity index is 2240. The maximum atomic E-state index is 15.7. The predicted octanol–water partition coefficient (Wildman–Crippen LogP) is 6.87. The van der Waals surface area contributed by atoms with Gasteiger partial charge in [-0.25, -0.2) is 0 Å². The molecule has 69 heavy (non-hydrogen) atoms. The third-order valence-corrected chi connectivity index (χ3v) is 23.9. The number of epoxide rings is 1. The van der Waals surface area contributed by atoms with Gasteiger partial charge in [-0.05, 0) is 147 Å². The van der Waals surface area contributed by atoms with Gasteiger partial charge >= 0.3 is 0 Å². The molecule has 1 aromatic rings. The Hall–Kier alpha value is -1.98. The fourth-order valence-corrected chi connectivity index (χ4v) is 20.5. The number of aromatic hydroxyl groups is 1.